The molecule has 0 unspecified atom stereocenters. The summed E-state index contributed by atoms with van der Waals surface area (Å²) in [5.74, 6) is -1.23. The van der Waals surface area contributed by atoms with E-state index in [2.05, 4.69) is 13.2 Å². The minimum Gasteiger partial charge on any atom is -0.456 e. The van der Waals surface area contributed by atoms with E-state index in [1.54, 1.807) is 60.7 Å². The van der Waals surface area contributed by atoms with Crippen molar-refractivity contribution >= 4 is 11.9 Å². The molecule has 0 fully saturated rings. The summed E-state index contributed by atoms with van der Waals surface area (Å²) < 4.78 is 11.2. The summed E-state index contributed by atoms with van der Waals surface area (Å²) in [7, 11) is 0. The van der Waals surface area contributed by atoms with Gasteiger partial charge in [0.1, 0.15) is 24.4 Å². The third-order valence-corrected chi connectivity index (χ3v) is 5.36. The van der Waals surface area contributed by atoms with Gasteiger partial charge in [0, 0.05) is 0 Å². The standard InChI is InChI=1S/C28H34O6/c1-19(2)15-17-23(33-27(31)21-11-7-5-8-12-21)25(29)26(30)24(18-16-20(3)4)34-28(32)22-13-9-6-10-14-22/h5-14,23-26,29-30H,1,3,15-18H2,2,4H3/t23-,24-,25-,26-/m1/s1. The number of hydrogen-bond acceptors (Lipinski definition) is 6. The van der Waals surface area contributed by atoms with E-state index in [1.165, 1.54) is 0 Å². The van der Waals surface area contributed by atoms with Gasteiger partial charge in [-0.15, -0.1) is 13.2 Å². The predicted molar refractivity (Wildman–Crippen MR) is 131 cm³/mol. The highest BCUT2D eigenvalue weighted by atomic mass is 16.6. The Morgan fingerprint density at radius 3 is 1.32 bits per heavy atom. The van der Waals surface area contributed by atoms with Crippen LogP contribution < -0.4 is 0 Å². The van der Waals surface area contributed by atoms with Gasteiger partial charge in [-0.2, -0.15) is 0 Å². The lowest BCUT2D eigenvalue weighted by atomic mass is 9.95. The van der Waals surface area contributed by atoms with Crippen LogP contribution in [0.3, 0.4) is 0 Å². The SMILES string of the molecule is C=C(C)CC[C@@H](OC(=O)c1ccccc1)[C@@H](O)[C@H](O)[C@@H](CCC(=C)C)OC(=O)c1ccccc1. The maximum atomic E-state index is 12.6. The van der Waals surface area contributed by atoms with Gasteiger partial charge >= 0.3 is 11.9 Å². The van der Waals surface area contributed by atoms with E-state index < -0.39 is 36.4 Å². The molecule has 0 heterocycles. The average Bonchev–Trinajstić information content (AvgIpc) is 2.84. The Hall–Kier alpha value is -3.22. The zero-order valence-electron chi connectivity index (χ0n) is 19.9. The van der Waals surface area contributed by atoms with E-state index in [0.29, 0.717) is 24.0 Å². The summed E-state index contributed by atoms with van der Waals surface area (Å²) in [6, 6.07) is 16.8. The van der Waals surface area contributed by atoms with Gasteiger partial charge in [0.2, 0.25) is 0 Å². The molecular weight excluding hydrogens is 432 g/mol. The number of hydrogen-bond donors (Lipinski definition) is 2. The Bertz CT molecular complexity index is 874. The monoisotopic (exact) mass is 466 g/mol. The normalized spacial score (nSPS) is 14.4. The van der Waals surface area contributed by atoms with Gasteiger partial charge in [-0.25, -0.2) is 9.59 Å². The second-order valence-corrected chi connectivity index (χ2v) is 8.59. The number of carbonyl (C=O) groups excluding carboxylic acids is 2. The molecule has 34 heavy (non-hydrogen) atoms. The molecule has 2 rings (SSSR count). The van der Waals surface area contributed by atoms with Crippen LogP contribution in [0.4, 0.5) is 0 Å². The molecule has 0 spiro atoms. The molecule has 0 aliphatic carbocycles. The number of allylic oxidation sites excluding steroid dienone is 2. The first-order valence-corrected chi connectivity index (χ1v) is 11.4. The molecule has 0 aliphatic rings. The van der Waals surface area contributed by atoms with Crippen molar-refractivity contribution in [3.8, 4) is 0 Å². The molecule has 6 nitrogen and oxygen atoms in total. The van der Waals surface area contributed by atoms with Crippen molar-refractivity contribution in [3.63, 3.8) is 0 Å². The topological polar surface area (TPSA) is 93.1 Å². The molecule has 2 N–H and O–H groups in total. The molecule has 0 saturated heterocycles. The van der Waals surface area contributed by atoms with Crippen molar-refractivity contribution in [2.45, 2.75) is 63.9 Å². The van der Waals surface area contributed by atoms with Crippen LogP contribution >= 0.6 is 0 Å². The summed E-state index contributed by atoms with van der Waals surface area (Å²) in [6.07, 6.45) is -3.54. The quantitative estimate of drug-likeness (QED) is 0.323. The third-order valence-electron chi connectivity index (χ3n) is 5.36. The van der Waals surface area contributed by atoms with Gasteiger partial charge in [0.15, 0.2) is 0 Å². The maximum absolute atomic E-state index is 12.6. The van der Waals surface area contributed by atoms with Crippen molar-refractivity contribution in [2.24, 2.45) is 0 Å². The summed E-state index contributed by atoms with van der Waals surface area (Å²) >= 11 is 0. The minimum absolute atomic E-state index is 0.256. The highest BCUT2D eigenvalue weighted by Gasteiger charge is 2.36. The molecule has 0 aliphatic heterocycles. The molecule has 0 aromatic heterocycles. The molecular formula is C28H34O6. The zero-order valence-corrected chi connectivity index (χ0v) is 19.9. The number of esters is 2. The summed E-state index contributed by atoms with van der Waals surface area (Å²) in [5.41, 5.74) is 2.35. The summed E-state index contributed by atoms with van der Waals surface area (Å²) in [4.78, 5) is 25.3. The second kappa shape index (κ2) is 13.5. The molecule has 2 aromatic carbocycles. The number of aliphatic hydroxyl groups excluding tert-OH is 2. The number of aliphatic hydroxyl groups is 2. The van der Waals surface area contributed by atoms with E-state index >= 15 is 0 Å². The van der Waals surface area contributed by atoms with Crippen LogP contribution in [0.1, 0.15) is 60.2 Å². The average molecular weight is 467 g/mol. The van der Waals surface area contributed by atoms with Crippen LogP contribution in [0.5, 0.6) is 0 Å². The zero-order chi connectivity index (χ0) is 25.1. The lowest BCUT2D eigenvalue weighted by Gasteiger charge is -2.31. The summed E-state index contributed by atoms with van der Waals surface area (Å²) in [5, 5.41) is 22.1. The number of ether oxygens (including phenoxy) is 2. The molecule has 0 saturated carbocycles. The highest BCUT2D eigenvalue weighted by molar-refractivity contribution is 5.90. The predicted octanol–water partition coefficient (Wildman–Crippen LogP) is 4.87. The van der Waals surface area contributed by atoms with Crippen LogP contribution in [0.15, 0.2) is 85.0 Å². The van der Waals surface area contributed by atoms with E-state index in [4.69, 9.17) is 9.47 Å². The number of rotatable bonds is 13. The van der Waals surface area contributed by atoms with E-state index in [-0.39, 0.29) is 12.8 Å². The van der Waals surface area contributed by atoms with Crippen molar-refractivity contribution in [1.29, 1.82) is 0 Å². The van der Waals surface area contributed by atoms with Crippen molar-refractivity contribution in [2.75, 3.05) is 0 Å². The fourth-order valence-electron chi connectivity index (χ4n) is 3.38. The molecule has 2 aromatic rings. The van der Waals surface area contributed by atoms with Crippen molar-refractivity contribution in [3.05, 3.63) is 96.1 Å². The Kier molecular flexibility index (Phi) is 10.7. The minimum atomic E-state index is -1.48. The lowest BCUT2D eigenvalue weighted by molar-refractivity contribution is -0.115. The third kappa shape index (κ3) is 8.61. The molecule has 0 radical (unpaired) electrons. The maximum Gasteiger partial charge on any atom is 0.338 e. The largest absolute Gasteiger partial charge is 0.456 e. The van der Waals surface area contributed by atoms with Crippen LogP contribution in [-0.4, -0.2) is 46.6 Å². The van der Waals surface area contributed by atoms with E-state index in [9.17, 15) is 19.8 Å². The fraction of sp³-hybridized carbons (Fsp3) is 0.357. The first-order valence-electron chi connectivity index (χ1n) is 11.4. The molecule has 182 valence electrons. The van der Waals surface area contributed by atoms with Gasteiger partial charge in [0.25, 0.3) is 0 Å². The number of carbonyl (C=O) groups is 2. The van der Waals surface area contributed by atoms with Gasteiger partial charge in [-0.3, -0.25) is 0 Å². The smallest absolute Gasteiger partial charge is 0.338 e. The Morgan fingerprint density at radius 1 is 0.706 bits per heavy atom. The van der Waals surface area contributed by atoms with Crippen LogP contribution in [0.25, 0.3) is 0 Å². The molecule has 4 atom stereocenters. The van der Waals surface area contributed by atoms with Crippen LogP contribution in [0, 0.1) is 0 Å². The van der Waals surface area contributed by atoms with Crippen molar-refractivity contribution < 1.29 is 29.3 Å². The highest BCUT2D eigenvalue weighted by Crippen LogP contribution is 2.22. The van der Waals surface area contributed by atoms with Gasteiger partial charge < -0.3 is 19.7 Å². The van der Waals surface area contributed by atoms with Gasteiger partial charge in [0.05, 0.1) is 11.1 Å². The lowest BCUT2D eigenvalue weighted by Crippen LogP contribution is -2.47. The van der Waals surface area contributed by atoms with Crippen molar-refractivity contribution in [1.82, 2.24) is 0 Å². The fourth-order valence-corrected chi connectivity index (χ4v) is 3.38. The molecule has 0 bridgehead atoms. The van der Waals surface area contributed by atoms with E-state index in [1.807, 2.05) is 13.8 Å². The molecule has 6 heteroatoms. The van der Waals surface area contributed by atoms with Gasteiger partial charge in [-0.05, 0) is 63.8 Å². The Balaban J connectivity index is 2.21. The first-order chi connectivity index (χ1) is 16.2. The Labute approximate surface area is 201 Å². The number of benzene rings is 2. The Morgan fingerprint density at radius 2 is 1.03 bits per heavy atom. The first kappa shape index (κ1) is 27.0. The summed E-state index contributed by atoms with van der Waals surface area (Å²) in [6.45, 7) is 11.4. The van der Waals surface area contributed by atoms with Crippen LogP contribution in [0.2, 0.25) is 0 Å². The second-order valence-electron chi connectivity index (χ2n) is 8.59. The van der Waals surface area contributed by atoms with Crippen LogP contribution in [-0.2, 0) is 9.47 Å². The van der Waals surface area contributed by atoms with Gasteiger partial charge in [-0.1, -0.05) is 47.5 Å². The molecule has 0 amide bonds. The van der Waals surface area contributed by atoms with E-state index in [0.717, 1.165) is 11.1 Å².